The summed E-state index contributed by atoms with van der Waals surface area (Å²) in [5, 5.41) is 2.16. The molecule has 1 unspecified atom stereocenters. The summed E-state index contributed by atoms with van der Waals surface area (Å²) in [6.07, 6.45) is 0. The Kier molecular flexibility index (Phi) is 4.45. The highest BCUT2D eigenvalue weighted by molar-refractivity contribution is 7.91. The van der Waals surface area contributed by atoms with Crippen molar-refractivity contribution in [1.82, 2.24) is 0 Å². The van der Waals surface area contributed by atoms with Crippen molar-refractivity contribution in [3.05, 3.63) is 48.0 Å². The zero-order valence-electron chi connectivity index (χ0n) is 14.8. The largest absolute Gasteiger partial charge is 0.591 e. The number of hydrogen-bond acceptors (Lipinski definition) is 3. The van der Waals surface area contributed by atoms with Gasteiger partial charge in [-0.1, -0.05) is 36.4 Å². The van der Waals surface area contributed by atoms with Gasteiger partial charge in [-0.15, -0.1) is 0 Å². The predicted molar refractivity (Wildman–Crippen MR) is 103 cm³/mol. The number of para-hydroxylation sites is 1. The molecule has 0 aliphatic heterocycles. The molecule has 0 aliphatic rings. The third-order valence-corrected chi connectivity index (χ3v) is 5.33. The minimum Gasteiger partial charge on any atom is -0.591 e. The normalized spacial score (nSPS) is 14.7. The molecule has 126 valence electrons. The lowest BCUT2D eigenvalue weighted by atomic mass is 9.98. The van der Waals surface area contributed by atoms with Crippen LogP contribution in [0, 0.1) is 5.92 Å². The second-order valence-electron chi connectivity index (χ2n) is 7.30. The van der Waals surface area contributed by atoms with E-state index in [0.717, 1.165) is 33.2 Å². The monoisotopic (exact) mass is 341 g/mol. The van der Waals surface area contributed by atoms with Crippen molar-refractivity contribution in [3.63, 3.8) is 0 Å². The third-order valence-electron chi connectivity index (χ3n) is 3.92. The van der Waals surface area contributed by atoms with E-state index in [4.69, 9.17) is 4.42 Å². The zero-order valence-corrected chi connectivity index (χ0v) is 15.6. The summed E-state index contributed by atoms with van der Waals surface area (Å²) < 4.78 is 22.5. The van der Waals surface area contributed by atoms with Crippen LogP contribution in [0.15, 0.2) is 51.3 Å². The first-order chi connectivity index (χ1) is 11.3. The molecule has 2 aromatic carbocycles. The first-order valence-electron chi connectivity index (χ1n) is 8.19. The Balaban J connectivity index is 2.15. The van der Waals surface area contributed by atoms with Crippen molar-refractivity contribution in [2.45, 2.75) is 39.4 Å². The van der Waals surface area contributed by atoms with Gasteiger partial charge in [0.25, 0.3) is 0 Å². The fourth-order valence-corrected chi connectivity index (χ4v) is 3.37. The molecular weight excluding hydrogens is 318 g/mol. The van der Waals surface area contributed by atoms with E-state index in [1.54, 1.807) is 0 Å². The summed E-state index contributed by atoms with van der Waals surface area (Å²) in [5.41, 5.74) is 3.61. The summed E-state index contributed by atoms with van der Waals surface area (Å²) >= 11 is -1.28. The number of furan rings is 1. The van der Waals surface area contributed by atoms with Gasteiger partial charge in [-0.3, -0.25) is 0 Å². The Labute approximate surface area is 146 Å². The first kappa shape index (κ1) is 17.1. The van der Waals surface area contributed by atoms with Gasteiger partial charge in [0.15, 0.2) is 0 Å². The predicted octanol–water partition coefficient (Wildman–Crippen LogP) is 5.49. The number of rotatable bonds is 3. The van der Waals surface area contributed by atoms with Crippen LogP contribution < -0.4 is 0 Å². The molecule has 0 N–H and O–H groups in total. The number of hydrogen-bond donors (Lipinski definition) is 0. The van der Waals surface area contributed by atoms with E-state index in [-0.39, 0.29) is 10.7 Å². The minimum atomic E-state index is -1.28. The number of nitrogens with zero attached hydrogens (tertiary/aromatic N) is 1. The number of benzene rings is 2. The van der Waals surface area contributed by atoms with Gasteiger partial charge >= 0.3 is 0 Å². The molecule has 1 aromatic heterocycles. The topological polar surface area (TPSA) is 48.6 Å². The Hall–Kier alpha value is -1.78. The fraction of sp³-hybridized carbons (Fsp3) is 0.350. The second-order valence-corrected chi connectivity index (χ2v) is 9.21. The molecule has 24 heavy (non-hydrogen) atoms. The van der Waals surface area contributed by atoms with Crippen molar-refractivity contribution in [3.8, 4) is 0 Å². The van der Waals surface area contributed by atoms with E-state index in [2.05, 4.69) is 30.4 Å². The molecule has 1 heterocycles. The average Bonchev–Trinajstić information content (AvgIpc) is 2.88. The van der Waals surface area contributed by atoms with E-state index in [9.17, 15) is 4.55 Å². The van der Waals surface area contributed by atoms with Gasteiger partial charge in [0.2, 0.25) is 0 Å². The Morgan fingerprint density at radius 1 is 1.04 bits per heavy atom. The second kappa shape index (κ2) is 6.26. The summed E-state index contributed by atoms with van der Waals surface area (Å²) in [5.74, 6) is 0.187. The van der Waals surface area contributed by atoms with Gasteiger partial charge in [-0.2, -0.15) is 0 Å². The Bertz CT molecular complexity index is 903. The fourth-order valence-electron chi connectivity index (χ4n) is 2.60. The van der Waals surface area contributed by atoms with Crippen LogP contribution in [0.2, 0.25) is 0 Å². The molecule has 1 atom stereocenters. The number of fused-ring (bicyclic) bond motifs is 3. The molecule has 3 nitrogen and oxygen atoms in total. The molecule has 0 saturated carbocycles. The molecule has 0 amide bonds. The first-order valence-corrected chi connectivity index (χ1v) is 9.30. The van der Waals surface area contributed by atoms with Crippen molar-refractivity contribution in [1.29, 1.82) is 0 Å². The standard InChI is InChI=1S/C20H23NO2S/c1-13(2)19(21-24(22)20(3,4)5)14-10-11-18-16(12-14)15-8-6-7-9-17(15)23-18/h6-13H,1-5H3. The van der Waals surface area contributed by atoms with Crippen molar-refractivity contribution in [2.24, 2.45) is 10.3 Å². The SMILES string of the molecule is CC(C)C(=N[S+]([O-])C(C)(C)C)c1ccc2oc3ccccc3c2c1. The van der Waals surface area contributed by atoms with E-state index in [1.165, 1.54) is 0 Å². The van der Waals surface area contributed by atoms with Crippen LogP contribution in [0.5, 0.6) is 0 Å². The van der Waals surface area contributed by atoms with Crippen molar-refractivity contribution >= 4 is 39.0 Å². The summed E-state index contributed by atoms with van der Waals surface area (Å²) in [4.78, 5) is 0. The van der Waals surface area contributed by atoms with Crippen molar-refractivity contribution < 1.29 is 8.97 Å². The van der Waals surface area contributed by atoms with Crippen LogP contribution in [-0.2, 0) is 11.4 Å². The molecular formula is C20H23NO2S. The summed E-state index contributed by atoms with van der Waals surface area (Å²) in [7, 11) is 0. The molecule has 0 radical (unpaired) electrons. The maximum absolute atomic E-state index is 12.5. The van der Waals surface area contributed by atoms with E-state index < -0.39 is 11.4 Å². The Morgan fingerprint density at radius 3 is 2.38 bits per heavy atom. The lowest BCUT2D eigenvalue weighted by Gasteiger charge is -2.20. The van der Waals surface area contributed by atoms with Crippen LogP contribution in [-0.4, -0.2) is 15.0 Å². The lowest BCUT2D eigenvalue weighted by Crippen LogP contribution is -2.28. The Morgan fingerprint density at radius 2 is 1.71 bits per heavy atom. The highest BCUT2D eigenvalue weighted by Crippen LogP contribution is 2.30. The maximum Gasteiger partial charge on any atom is 0.144 e. The molecule has 0 bridgehead atoms. The van der Waals surface area contributed by atoms with Crippen LogP contribution in [0.3, 0.4) is 0 Å². The summed E-state index contributed by atoms with van der Waals surface area (Å²) in [6, 6.07) is 14.1. The van der Waals surface area contributed by atoms with Crippen molar-refractivity contribution in [2.75, 3.05) is 0 Å². The van der Waals surface area contributed by atoms with Crippen LogP contribution >= 0.6 is 0 Å². The van der Waals surface area contributed by atoms with E-state index >= 15 is 0 Å². The molecule has 3 rings (SSSR count). The molecule has 4 heteroatoms. The van der Waals surface area contributed by atoms with Crippen LogP contribution in [0.1, 0.15) is 40.2 Å². The highest BCUT2D eigenvalue weighted by Gasteiger charge is 2.28. The third kappa shape index (κ3) is 3.21. The van der Waals surface area contributed by atoms with Gasteiger partial charge in [0.05, 0.1) is 0 Å². The smallest absolute Gasteiger partial charge is 0.144 e. The molecule has 0 spiro atoms. The van der Waals surface area contributed by atoms with Gasteiger partial charge in [-0.05, 0) is 45.0 Å². The molecule has 3 aromatic rings. The van der Waals surface area contributed by atoms with Crippen LogP contribution in [0.4, 0.5) is 0 Å². The maximum atomic E-state index is 12.5. The lowest BCUT2D eigenvalue weighted by molar-refractivity contribution is 0.561. The minimum absolute atomic E-state index is 0.187. The highest BCUT2D eigenvalue weighted by atomic mass is 32.2. The van der Waals surface area contributed by atoms with E-state index in [0.29, 0.717) is 0 Å². The summed E-state index contributed by atoms with van der Waals surface area (Å²) in [6.45, 7) is 9.98. The van der Waals surface area contributed by atoms with E-state index in [1.807, 2.05) is 51.1 Å². The molecule has 0 saturated heterocycles. The van der Waals surface area contributed by atoms with Gasteiger partial charge < -0.3 is 8.97 Å². The van der Waals surface area contributed by atoms with Gasteiger partial charge in [0, 0.05) is 22.3 Å². The zero-order chi connectivity index (χ0) is 17.5. The molecule has 0 fully saturated rings. The van der Waals surface area contributed by atoms with Gasteiger partial charge in [0.1, 0.15) is 33.0 Å². The quantitative estimate of drug-likeness (QED) is 0.467. The average molecular weight is 341 g/mol. The van der Waals surface area contributed by atoms with Gasteiger partial charge in [-0.25, -0.2) is 0 Å². The molecule has 0 aliphatic carbocycles. The van der Waals surface area contributed by atoms with Crippen LogP contribution in [0.25, 0.3) is 21.9 Å².